The minimum Gasteiger partial charge on any atom is -0.360 e. The molecule has 6 heteroatoms. The van der Waals surface area contributed by atoms with Gasteiger partial charge in [0.1, 0.15) is 5.51 Å². The van der Waals surface area contributed by atoms with E-state index in [1.54, 1.807) is 5.51 Å². The van der Waals surface area contributed by atoms with E-state index < -0.39 is 5.92 Å². The highest BCUT2D eigenvalue weighted by atomic mass is 32.1. The molecule has 1 aromatic rings. The summed E-state index contributed by atoms with van der Waals surface area (Å²) >= 11 is 1.30. The van der Waals surface area contributed by atoms with Gasteiger partial charge in [-0.1, -0.05) is 11.3 Å². The maximum absolute atomic E-state index is 12.3. The molecule has 0 aliphatic heterocycles. The Hall–Kier alpha value is -0.780. The number of halogens is 2. The van der Waals surface area contributed by atoms with Crippen molar-refractivity contribution in [2.45, 2.75) is 19.3 Å². The summed E-state index contributed by atoms with van der Waals surface area (Å²) in [6, 6.07) is 0. The molecule has 0 radical (unpaired) electrons. The molecule has 0 bridgehead atoms. The van der Waals surface area contributed by atoms with Crippen LogP contribution in [0.5, 0.6) is 0 Å². The minimum atomic E-state index is -2.61. The third-order valence-corrected chi connectivity index (χ3v) is 1.85. The van der Waals surface area contributed by atoms with Gasteiger partial charge >= 0.3 is 0 Å². The Labute approximate surface area is 72.8 Å². The Morgan fingerprint density at radius 2 is 2.42 bits per heavy atom. The van der Waals surface area contributed by atoms with Gasteiger partial charge in [-0.05, 0) is 6.92 Å². The van der Waals surface area contributed by atoms with Crippen LogP contribution in [0.2, 0.25) is 0 Å². The van der Waals surface area contributed by atoms with Crippen LogP contribution >= 0.6 is 11.3 Å². The number of nitrogens with one attached hydrogen (secondary N) is 1. The molecule has 0 saturated carbocycles. The zero-order valence-corrected chi connectivity index (χ0v) is 7.37. The number of alkyl halides is 2. The zero-order valence-electron chi connectivity index (χ0n) is 6.55. The van der Waals surface area contributed by atoms with E-state index >= 15 is 0 Å². The molecule has 0 atom stereocenters. The summed E-state index contributed by atoms with van der Waals surface area (Å²) < 4.78 is 24.6. The van der Waals surface area contributed by atoms with Gasteiger partial charge in [-0.15, -0.1) is 10.2 Å². The van der Waals surface area contributed by atoms with E-state index in [9.17, 15) is 8.78 Å². The first kappa shape index (κ1) is 9.31. The first-order valence-electron chi connectivity index (χ1n) is 3.46. The standard InChI is InChI=1S/C6H9F2N3S/c1-6(7,8)2-3-9-5-11-10-4-12-5/h4H,2-3H2,1H3,(H,9,11). The van der Waals surface area contributed by atoms with Crippen LogP contribution in [0.3, 0.4) is 0 Å². The summed E-state index contributed by atoms with van der Waals surface area (Å²) in [6.45, 7) is 1.12. The fraction of sp³-hybridized carbons (Fsp3) is 0.667. The van der Waals surface area contributed by atoms with Crippen LogP contribution < -0.4 is 5.32 Å². The first-order valence-corrected chi connectivity index (χ1v) is 4.34. The van der Waals surface area contributed by atoms with Gasteiger partial charge in [-0.25, -0.2) is 8.78 Å². The average Bonchev–Trinajstić information content (AvgIpc) is 2.36. The SMILES string of the molecule is CC(F)(F)CCNc1nncs1. The van der Waals surface area contributed by atoms with E-state index in [4.69, 9.17) is 0 Å². The largest absolute Gasteiger partial charge is 0.360 e. The number of hydrogen-bond donors (Lipinski definition) is 1. The third-order valence-electron chi connectivity index (χ3n) is 1.20. The predicted molar refractivity (Wildman–Crippen MR) is 43.6 cm³/mol. The summed E-state index contributed by atoms with van der Waals surface area (Å²) in [7, 11) is 0. The van der Waals surface area contributed by atoms with Gasteiger partial charge < -0.3 is 5.32 Å². The topological polar surface area (TPSA) is 37.8 Å². The van der Waals surface area contributed by atoms with Gasteiger partial charge in [0.2, 0.25) is 11.1 Å². The molecule has 1 heterocycles. The lowest BCUT2D eigenvalue weighted by Crippen LogP contribution is -2.15. The second-order valence-electron chi connectivity index (χ2n) is 2.49. The molecule has 0 aromatic carbocycles. The number of anilines is 1. The van der Waals surface area contributed by atoms with Crippen molar-refractivity contribution < 1.29 is 8.78 Å². The summed E-state index contributed by atoms with van der Waals surface area (Å²) in [5, 5.41) is 10.5. The van der Waals surface area contributed by atoms with Crippen LogP contribution in [0.4, 0.5) is 13.9 Å². The van der Waals surface area contributed by atoms with Crippen molar-refractivity contribution >= 4 is 16.5 Å². The van der Waals surface area contributed by atoms with Crippen molar-refractivity contribution in [2.24, 2.45) is 0 Å². The molecule has 0 unspecified atom stereocenters. The van der Waals surface area contributed by atoms with Crippen LogP contribution in [0.25, 0.3) is 0 Å². The maximum atomic E-state index is 12.3. The predicted octanol–water partition coefficient (Wildman–Crippen LogP) is 2.00. The highest BCUT2D eigenvalue weighted by Crippen LogP contribution is 2.17. The van der Waals surface area contributed by atoms with Gasteiger partial charge in [0.15, 0.2) is 0 Å². The average molecular weight is 193 g/mol. The Kier molecular flexibility index (Phi) is 2.91. The molecule has 0 fully saturated rings. The van der Waals surface area contributed by atoms with E-state index in [1.807, 2.05) is 0 Å². The van der Waals surface area contributed by atoms with E-state index in [1.165, 1.54) is 11.3 Å². The van der Waals surface area contributed by atoms with Crippen molar-refractivity contribution in [3.8, 4) is 0 Å². The second-order valence-corrected chi connectivity index (χ2v) is 3.32. The Morgan fingerprint density at radius 1 is 1.67 bits per heavy atom. The van der Waals surface area contributed by atoms with E-state index in [0.717, 1.165) is 6.92 Å². The summed E-state index contributed by atoms with van der Waals surface area (Å²) in [5.74, 6) is -2.61. The highest BCUT2D eigenvalue weighted by molar-refractivity contribution is 7.13. The molecule has 0 saturated heterocycles. The zero-order chi connectivity index (χ0) is 9.03. The second kappa shape index (κ2) is 3.75. The van der Waals surface area contributed by atoms with Crippen LogP contribution in [-0.2, 0) is 0 Å². The van der Waals surface area contributed by atoms with Crippen molar-refractivity contribution in [3.63, 3.8) is 0 Å². The molecular formula is C6H9F2N3S. The van der Waals surface area contributed by atoms with Gasteiger partial charge in [0.25, 0.3) is 0 Å². The number of rotatable bonds is 4. The van der Waals surface area contributed by atoms with E-state index in [2.05, 4.69) is 15.5 Å². The number of nitrogens with zero attached hydrogens (tertiary/aromatic N) is 2. The van der Waals surface area contributed by atoms with Gasteiger partial charge in [0, 0.05) is 13.0 Å². The van der Waals surface area contributed by atoms with Gasteiger partial charge in [-0.2, -0.15) is 0 Å². The Morgan fingerprint density at radius 3 is 2.92 bits per heavy atom. The number of aromatic nitrogens is 2. The fourth-order valence-electron chi connectivity index (χ4n) is 0.639. The fourth-order valence-corrected chi connectivity index (χ4v) is 1.11. The summed E-state index contributed by atoms with van der Waals surface area (Å²) in [6.07, 6.45) is -0.188. The van der Waals surface area contributed by atoms with Crippen molar-refractivity contribution in [1.29, 1.82) is 0 Å². The van der Waals surface area contributed by atoms with Crippen molar-refractivity contribution in [1.82, 2.24) is 10.2 Å². The molecular weight excluding hydrogens is 184 g/mol. The Balaban J connectivity index is 2.20. The smallest absolute Gasteiger partial charge is 0.247 e. The lowest BCUT2D eigenvalue weighted by Gasteiger charge is -2.09. The van der Waals surface area contributed by atoms with Gasteiger partial charge in [-0.3, -0.25) is 0 Å². The Bertz CT molecular complexity index is 219. The molecule has 3 nitrogen and oxygen atoms in total. The van der Waals surface area contributed by atoms with E-state index in [-0.39, 0.29) is 13.0 Å². The van der Waals surface area contributed by atoms with Crippen LogP contribution in [0.15, 0.2) is 5.51 Å². The first-order chi connectivity index (χ1) is 5.58. The molecule has 0 amide bonds. The molecule has 12 heavy (non-hydrogen) atoms. The maximum Gasteiger partial charge on any atom is 0.247 e. The molecule has 68 valence electrons. The molecule has 1 N–H and O–H groups in total. The molecule has 1 aromatic heterocycles. The monoisotopic (exact) mass is 193 g/mol. The molecule has 0 spiro atoms. The molecule has 0 aliphatic carbocycles. The highest BCUT2D eigenvalue weighted by Gasteiger charge is 2.19. The lowest BCUT2D eigenvalue weighted by atomic mass is 10.3. The molecule has 1 rings (SSSR count). The lowest BCUT2D eigenvalue weighted by molar-refractivity contribution is 0.0167. The summed E-state index contributed by atoms with van der Waals surface area (Å²) in [5.41, 5.74) is 1.55. The normalized spacial score (nSPS) is 11.6. The molecule has 0 aliphatic rings. The summed E-state index contributed by atoms with van der Waals surface area (Å²) in [4.78, 5) is 0. The minimum absolute atomic E-state index is 0.188. The van der Waals surface area contributed by atoms with Crippen molar-refractivity contribution in [3.05, 3.63) is 5.51 Å². The van der Waals surface area contributed by atoms with Crippen LogP contribution in [-0.4, -0.2) is 22.7 Å². The van der Waals surface area contributed by atoms with Crippen LogP contribution in [0.1, 0.15) is 13.3 Å². The third kappa shape index (κ3) is 3.56. The van der Waals surface area contributed by atoms with Gasteiger partial charge in [0.05, 0.1) is 0 Å². The van der Waals surface area contributed by atoms with Crippen molar-refractivity contribution in [2.75, 3.05) is 11.9 Å². The van der Waals surface area contributed by atoms with E-state index in [0.29, 0.717) is 5.13 Å². The number of hydrogen-bond acceptors (Lipinski definition) is 4. The quantitative estimate of drug-likeness (QED) is 0.794. The van der Waals surface area contributed by atoms with Crippen LogP contribution in [0, 0.1) is 0 Å².